The molecule has 0 unspecified atom stereocenters. The Morgan fingerprint density at radius 3 is 2.17 bits per heavy atom. The highest BCUT2D eigenvalue weighted by Gasteiger charge is 2.45. The lowest BCUT2D eigenvalue weighted by Crippen LogP contribution is -2.65. The normalized spacial score (nSPS) is 21.7. The number of benzene rings is 3. The number of amides is 9. The Balaban J connectivity index is 1.39. The van der Waals surface area contributed by atoms with Crippen LogP contribution in [0.2, 0.25) is 0 Å². The molecule has 0 radical (unpaired) electrons. The minimum atomic E-state index is -1.61. The number of guanidine groups is 1. The molecule has 1 aromatic heterocycles. The molecule has 408 valence electrons. The minimum Gasteiger partial charge on any atom is -0.370 e. The van der Waals surface area contributed by atoms with Crippen molar-refractivity contribution in [3.8, 4) is 0 Å². The van der Waals surface area contributed by atoms with E-state index in [0.29, 0.717) is 43.2 Å². The topological polar surface area (TPSA) is 356 Å². The molecule has 2 fully saturated rings. The maximum atomic E-state index is 15.0. The Kier molecular flexibility index (Phi) is 20.7. The van der Waals surface area contributed by atoms with Gasteiger partial charge in [0.2, 0.25) is 53.2 Å². The summed E-state index contributed by atoms with van der Waals surface area (Å²) in [6, 6.07) is 12.8. The van der Waals surface area contributed by atoms with Gasteiger partial charge in [0.05, 0.1) is 6.42 Å². The van der Waals surface area contributed by atoms with Crippen LogP contribution in [0.5, 0.6) is 0 Å². The highest BCUT2D eigenvalue weighted by Crippen LogP contribution is 2.31. The number of fused-ring (bicyclic) bond motifs is 2. The van der Waals surface area contributed by atoms with Crippen LogP contribution in [0.4, 0.5) is 0 Å². The number of hydrogen-bond donors (Lipinski definition) is 12. The lowest BCUT2D eigenvalue weighted by atomic mass is 9.93. The van der Waals surface area contributed by atoms with Crippen LogP contribution in [0.25, 0.3) is 21.7 Å². The van der Waals surface area contributed by atoms with Crippen molar-refractivity contribution in [3.05, 3.63) is 84.1 Å². The smallest absolute Gasteiger partial charge is 0.246 e. The maximum Gasteiger partial charge on any atom is 0.246 e. The first-order chi connectivity index (χ1) is 36.4. The lowest BCUT2D eigenvalue weighted by Gasteiger charge is -2.33. The van der Waals surface area contributed by atoms with Gasteiger partial charge in [-0.05, 0) is 79.3 Å². The zero-order valence-corrected chi connectivity index (χ0v) is 43.3. The minimum absolute atomic E-state index is 0.0303. The summed E-state index contributed by atoms with van der Waals surface area (Å²) in [5.41, 5.74) is 17.6. The molecule has 0 bridgehead atoms. The Hall–Kier alpha value is -8.04. The van der Waals surface area contributed by atoms with E-state index in [1.54, 1.807) is 6.20 Å². The van der Waals surface area contributed by atoms with Gasteiger partial charge < -0.3 is 64.7 Å². The molecule has 22 heteroatoms. The average molecular weight is 1050 g/mol. The van der Waals surface area contributed by atoms with Gasteiger partial charge in [0.15, 0.2) is 5.96 Å². The first kappa shape index (κ1) is 57.2. The molecule has 1 saturated heterocycles. The zero-order valence-electron chi connectivity index (χ0n) is 43.3. The number of aliphatic imine (C=N–C) groups is 1. The van der Waals surface area contributed by atoms with Crippen LogP contribution in [0.3, 0.4) is 0 Å². The van der Waals surface area contributed by atoms with E-state index >= 15 is 0 Å². The number of carbonyl (C=O) groups excluding carboxylic acids is 9. The monoisotopic (exact) mass is 1050 g/mol. The number of primary amides is 1. The first-order valence-electron chi connectivity index (χ1n) is 26.2. The fourth-order valence-electron chi connectivity index (χ4n) is 9.78. The SMILES string of the molecule is CCCC[C@H](NC(C)=O)C(=O)N[C@H]1CC(=O)NCCCC[C@@H](C(N)=O)NC(=O)[C@H](Cc2c[nH]c3ccccc23)NC(=O)[C@H](CCCN=C(N)N)NC(=O)[C@@H](Cc2ccc3ccccc3c2)NC(=O)C2(CCCC2)NC1=O. The summed E-state index contributed by atoms with van der Waals surface area (Å²) in [7, 11) is 0. The second kappa shape index (κ2) is 27.5. The molecule has 2 aliphatic rings. The van der Waals surface area contributed by atoms with Crippen molar-refractivity contribution in [1.29, 1.82) is 0 Å². The Bertz CT molecular complexity index is 2770. The van der Waals surface area contributed by atoms with Gasteiger partial charge in [-0.3, -0.25) is 48.1 Å². The maximum absolute atomic E-state index is 15.0. The van der Waals surface area contributed by atoms with E-state index in [9.17, 15) is 43.2 Å². The predicted molar refractivity (Wildman–Crippen MR) is 286 cm³/mol. The average Bonchev–Trinajstić information content (AvgIpc) is 4.05. The molecule has 4 aromatic rings. The third-order valence-corrected chi connectivity index (χ3v) is 13.9. The van der Waals surface area contributed by atoms with Gasteiger partial charge >= 0.3 is 0 Å². The summed E-state index contributed by atoms with van der Waals surface area (Å²) in [4.78, 5) is 133. The van der Waals surface area contributed by atoms with Crippen LogP contribution >= 0.6 is 0 Å². The van der Waals surface area contributed by atoms with E-state index in [1.807, 2.05) is 73.7 Å². The van der Waals surface area contributed by atoms with Gasteiger partial charge in [0.25, 0.3) is 0 Å². The van der Waals surface area contributed by atoms with Crippen molar-refractivity contribution >= 4 is 80.8 Å². The zero-order chi connectivity index (χ0) is 54.8. The highest BCUT2D eigenvalue weighted by atomic mass is 16.2. The molecular weight excluding hydrogens is 975 g/mol. The number of H-pyrrole nitrogens is 1. The Morgan fingerprint density at radius 2 is 1.45 bits per heavy atom. The number of aromatic amines is 1. The second-order valence-electron chi connectivity index (χ2n) is 19.8. The molecule has 76 heavy (non-hydrogen) atoms. The molecule has 22 nitrogen and oxygen atoms in total. The third-order valence-electron chi connectivity index (χ3n) is 13.9. The van der Waals surface area contributed by atoms with Gasteiger partial charge in [0, 0.05) is 50.0 Å². The third kappa shape index (κ3) is 16.2. The van der Waals surface area contributed by atoms with Gasteiger partial charge in [-0.2, -0.15) is 0 Å². The fourth-order valence-corrected chi connectivity index (χ4v) is 9.78. The van der Waals surface area contributed by atoms with E-state index < -0.39 is 101 Å². The summed E-state index contributed by atoms with van der Waals surface area (Å²) in [6.07, 6.45) is 4.70. The van der Waals surface area contributed by atoms with E-state index in [0.717, 1.165) is 21.7 Å². The summed E-state index contributed by atoms with van der Waals surface area (Å²) in [6.45, 7) is 3.33. The van der Waals surface area contributed by atoms with Crippen LogP contribution < -0.4 is 59.7 Å². The molecule has 6 rings (SSSR count). The number of hydrogen-bond acceptors (Lipinski definition) is 10. The molecule has 1 aliphatic heterocycles. The standard InChI is InChI=1S/C54H73N13O9/c1-3-4-17-40(61-32(2)68)47(71)65-44-30-45(69)58-25-12-9-19-39(46(55)70)62-50(74)43(29-36-31-60-38-18-8-7-16-37(36)38)64-48(72)41(20-13-26-59-53(56)57)63-49(73)42(28-33-21-22-34-14-5-6-15-35(34)27-33)66-52(76)54(67-51(44)75)23-10-11-24-54/h5-8,14-16,18,21-22,27,31,39-44,60H,3-4,9-13,17,19-20,23-26,28-30H2,1-2H3,(H2,55,70)(H,58,69)(H,61,68)(H,62,74)(H,63,73)(H,64,72)(H,65,71)(H,66,76)(H,67,75)(H4,56,57,59)/t39-,40-,41-,42+,43-,44-/m0/s1. The van der Waals surface area contributed by atoms with Crippen molar-refractivity contribution < 1.29 is 43.2 Å². The van der Waals surface area contributed by atoms with Crippen LogP contribution in [-0.4, -0.2) is 119 Å². The molecule has 1 spiro atoms. The van der Waals surface area contributed by atoms with E-state index in [2.05, 4.69) is 52.5 Å². The predicted octanol–water partition coefficient (Wildman–Crippen LogP) is 0.883. The summed E-state index contributed by atoms with van der Waals surface area (Å²) < 4.78 is 0. The number of nitrogens with two attached hydrogens (primary N) is 3. The second-order valence-corrected chi connectivity index (χ2v) is 19.8. The summed E-state index contributed by atoms with van der Waals surface area (Å²) in [5, 5.41) is 24.8. The van der Waals surface area contributed by atoms with Gasteiger partial charge in [-0.15, -0.1) is 0 Å². The van der Waals surface area contributed by atoms with Crippen molar-refractivity contribution in [2.45, 2.75) is 152 Å². The molecule has 2 heterocycles. The summed E-state index contributed by atoms with van der Waals surface area (Å²) in [5.74, 6) is -6.64. The Labute approximate surface area is 441 Å². The fraction of sp³-hybridized carbons (Fsp3) is 0.481. The van der Waals surface area contributed by atoms with Crippen molar-refractivity contribution in [2.24, 2.45) is 22.2 Å². The number of rotatable bonds is 15. The lowest BCUT2D eigenvalue weighted by molar-refractivity contribution is -0.139. The van der Waals surface area contributed by atoms with Crippen molar-refractivity contribution in [3.63, 3.8) is 0 Å². The molecule has 9 amide bonds. The number of carbonyl (C=O) groups is 9. The largest absolute Gasteiger partial charge is 0.370 e. The molecule has 1 aliphatic carbocycles. The molecule has 6 atom stereocenters. The number of unbranched alkanes of at least 4 members (excludes halogenated alkanes) is 1. The first-order valence-corrected chi connectivity index (χ1v) is 26.2. The van der Waals surface area contributed by atoms with Gasteiger partial charge in [-0.1, -0.05) is 93.3 Å². The molecule has 1 saturated carbocycles. The van der Waals surface area contributed by atoms with E-state index in [-0.39, 0.29) is 76.8 Å². The van der Waals surface area contributed by atoms with Crippen LogP contribution in [0, 0.1) is 0 Å². The van der Waals surface area contributed by atoms with E-state index in [1.165, 1.54) is 6.92 Å². The van der Waals surface area contributed by atoms with Crippen molar-refractivity contribution in [1.82, 2.24) is 47.5 Å². The number of nitrogens with one attached hydrogen (secondary N) is 9. The van der Waals surface area contributed by atoms with Crippen molar-refractivity contribution in [2.75, 3.05) is 13.1 Å². The van der Waals surface area contributed by atoms with Crippen LogP contribution in [0.1, 0.15) is 108 Å². The summed E-state index contributed by atoms with van der Waals surface area (Å²) >= 11 is 0. The molecule has 3 aromatic carbocycles. The number of para-hydroxylation sites is 1. The number of aromatic nitrogens is 1. The van der Waals surface area contributed by atoms with Crippen LogP contribution in [-0.2, 0) is 56.0 Å². The van der Waals surface area contributed by atoms with Crippen LogP contribution in [0.15, 0.2) is 77.9 Å². The van der Waals surface area contributed by atoms with Gasteiger partial charge in [0.1, 0.15) is 41.8 Å². The van der Waals surface area contributed by atoms with Gasteiger partial charge in [-0.25, -0.2) is 0 Å². The molecule has 15 N–H and O–H groups in total. The quantitative estimate of drug-likeness (QED) is 0.0451. The highest BCUT2D eigenvalue weighted by molar-refractivity contribution is 6.00. The Morgan fingerprint density at radius 1 is 0.763 bits per heavy atom. The molecular formula is C54H73N13O9. The van der Waals surface area contributed by atoms with E-state index in [4.69, 9.17) is 17.2 Å². The number of nitrogens with zero attached hydrogens (tertiary/aromatic N) is 1.